The SMILES string of the molecule is O=C(O)c1ccncc1NC(=O)c1nc(C2CC2)cnc1Nc1cncnc1. The highest BCUT2D eigenvalue weighted by molar-refractivity contribution is 6.09. The van der Waals surface area contributed by atoms with E-state index in [1.807, 2.05) is 0 Å². The third-order valence-corrected chi connectivity index (χ3v) is 4.12. The van der Waals surface area contributed by atoms with Gasteiger partial charge in [-0.05, 0) is 18.9 Å². The van der Waals surface area contributed by atoms with Crippen LogP contribution in [0.1, 0.15) is 45.3 Å². The van der Waals surface area contributed by atoms with Crippen molar-refractivity contribution in [1.82, 2.24) is 24.9 Å². The summed E-state index contributed by atoms with van der Waals surface area (Å²) in [5.74, 6) is -1.25. The van der Waals surface area contributed by atoms with Crippen molar-refractivity contribution < 1.29 is 14.7 Å². The molecule has 1 saturated carbocycles. The van der Waals surface area contributed by atoms with Crippen LogP contribution in [0, 0.1) is 0 Å². The molecule has 0 radical (unpaired) electrons. The summed E-state index contributed by atoms with van der Waals surface area (Å²) in [7, 11) is 0. The molecule has 10 nitrogen and oxygen atoms in total. The standard InChI is InChI=1S/C18H15N7O3/c26-17(25-14-7-19-4-3-12(14)18(27)28)15-16(23-11-5-20-9-21-6-11)22-8-13(24-15)10-1-2-10/h3-10H,1-2H2,(H,22,23)(H,25,26)(H,27,28). The van der Waals surface area contributed by atoms with E-state index in [-0.39, 0.29) is 22.8 Å². The molecule has 3 aromatic heterocycles. The molecule has 1 fully saturated rings. The number of carbonyl (C=O) groups is 2. The maximum absolute atomic E-state index is 12.9. The fraction of sp³-hybridized carbons (Fsp3) is 0.167. The molecule has 0 spiro atoms. The number of carbonyl (C=O) groups excluding carboxylic acids is 1. The van der Waals surface area contributed by atoms with Crippen LogP contribution in [0.3, 0.4) is 0 Å². The molecule has 0 aliphatic heterocycles. The van der Waals surface area contributed by atoms with Crippen molar-refractivity contribution >= 4 is 29.1 Å². The Bertz CT molecular complexity index is 1040. The predicted molar refractivity (Wildman–Crippen MR) is 98.5 cm³/mol. The van der Waals surface area contributed by atoms with Crippen molar-refractivity contribution in [2.75, 3.05) is 10.6 Å². The van der Waals surface area contributed by atoms with E-state index >= 15 is 0 Å². The molecule has 4 rings (SSSR count). The molecule has 0 aromatic carbocycles. The smallest absolute Gasteiger partial charge is 0.337 e. The minimum Gasteiger partial charge on any atom is -0.478 e. The topological polar surface area (TPSA) is 143 Å². The Hall–Kier alpha value is -3.95. The third kappa shape index (κ3) is 3.75. The summed E-state index contributed by atoms with van der Waals surface area (Å²) in [5, 5.41) is 14.8. The first-order chi connectivity index (χ1) is 13.6. The van der Waals surface area contributed by atoms with Crippen molar-refractivity contribution in [2.24, 2.45) is 0 Å². The maximum atomic E-state index is 12.9. The molecule has 1 aliphatic carbocycles. The van der Waals surface area contributed by atoms with Crippen LogP contribution in [0.4, 0.5) is 17.2 Å². The normalized spacial score (nSPS) is 13.0. The van der Waals surface area contributed by atoms with E-state index in [1.54, 1.807) is 6.20 Å². The van der Waals surface area contributed by atoms with Gasteiger partial charge in [-0.25, -0.2) is 24.7 Å². The molecule has 3 aromatic rings. The molecule has 28 heavy (non-hydrogen) atoms. The molecule has 1 amide bonds. The highest BCUT2D eigenvalue weighted by Gasteiger charge is 2.28. The summed E-state index contributed by atoms with van der Waals surface area (Å²) in [6, 6.07) is 1.31. The Labute approximate surface area is 159 Å². The zero-order valence-corrected chi connectivity index (χ0v) is 14.5. The van der Waals surface area contributed by atoms with Gasteiger partial charge in [0.1, 0.15) is 6.33 Å². The minimum atomic E-state index is -1.17. The number of aromatic nitrogens is 5. The van der Waals surface area contributed by atoms with E-state index in [1.165, 1.54) is 37.2 Å². The van der Waals surface area contributed by atoms with E-state index in [0.717, 1.165) is 18.5 Å². The van der Waals surface area contributed by atoms with Gasteiger partial charge in [0.25, 0.3) is 5.91 Å². The molecular formula is C18H15N7O3. The Morgan fingerprint density at radius 2 is 1.86 bits per heavy atom. The lowest BCUT2D eigenvalue weighted by Gasteiger charge is -2.12. The Morgan fingerprint density at radius 1 is 1.07 bits per heavy atom. The van der Waals surface area contributed by atoms with Crippen LogP contribution < -0.4 is 10.6 Å². The van der Waals surface area contributed by atoms with E-state index in [9.17, 15) is 14.7 Å². The Kier molecular flexibility index (Phi) is 4.58. The molecule has 10 heteroatoms. The highest BCUT2D eigenvalue weighted by Crippen LogP contribution is 2.39. The zero-order chi connectivity index (χ0) is 19.5. The largest absolute Gasteiger partial charge is 0.478 e. The predicted octanol–water partition coefficient (Wildman–Crippen LogP) is 2.23. The Balaban J connectivity index is 1.67. The number of anilines is 3. The van der Waals surface area contributed by atoms with Crippen LogP contribution in [-0.2, 0) is 0 Å². The molecule has 0 saturated heterocycles. The van der Waals surface area contributed by atoms with Gasteiger partial charge in [0.2, 0.25) is 0 Å². The van der Waals surface area contributed by atoms with Gasteiger partial charge in [-0.2, -0.15) is 0 Å². The molecule has 140 valence electrons. The number of carboxylic acids is 1. The van der Waals surface area contributed by atoms with Crippen molar-refractivity contribution in [3.8, 4) is 0 Å². The van der Waals surface area contributed by atoms with Crippen molar-refractivity contribution in [3.05, 3.63) is 60.3 Å². The number of carboxylic acid groups (broad SMARTS) is 1. The summed E-state index contributed by atoms with van der Waals surface area (Å²) in [6.07, 6.45) is 10.7. The summed E-state index contributed by atoms with van der Waals surface area (Å²) in [4.78, 5) is 44.7. The van der Waals surface area contributed by atoms with Gasteiger partial charge in [-0.1, -0.05) is 0 Å². The fourth-order valence-electron chi connectivity index (χ4n) is 2.59. The second kappa shape index (κ2) is 7.35. The quantitative estimate of drug-likeness (QED) is 0.589. The molecule has 0 atom stereocenters. The van der Waals surface area contributed by atoms with Crippen molar-refractivity contribution in [3.63, 3.8) is 0 Å². The van der Waals surface area contributed by atoms with E-state index in [0.29, 0.717) is 11.6 Å². The fourth-order valence-corrected chi connectivity index (χ4v) is 2.59. The van der Waals surface area contributed by atoms with Gasteiger partial charge in [0.15, 0.2) is 11.5 Å². The van der Waals surface area contributed by atoms with Gasteiger partial charge in [0.05, 0.1) is 47.4 Å². The number of nitrogens with zero attached hydrogens (tertiary/aromatic N) is 5. The third-order valence-electron chi connectivity index (χ3n) is 4.12. The van der Waals surface area contributed by atoms with E-state index in [4.69, 9.17) is 0 Å². The molecule has 1 aliphatic rings. The first-order valence-electron chi connectivity index (χ1n) is 8.49. The van der Waals surface area contributed by atoms with Crippen molar-refractivity contribution in [1.29, 1.82) is 0 Å². The molecule has 0 unspecified atom stereocenters. The number of aromatic carboxylic acids is 1. The first-order valence-corrected chi connectivity index (χ1v) is 8.49. The number of nitrogens with one attached hydrogen (secondary N) is 2. The van der Waals surface area contributed by atoms with Crippen molar-refractivity contribution in [2.45, 2.75) is 18.8 Å². The lowest BCUT2D eigenvalue weighted by Crippen LogP contribution is -2.19. The van der Waals surface area contributed by atoms with Gasteiger partial charge < -0.3 is 15.7 Å². The molecule has 3 N–H and O–H groups in total. The van der Waals surface area contributed by atoms with Crippen LogP contribution in [0.5, 0.6) is 0 Å². The molecular weight excluding hydrogens is 362 g/mol. The zero-order valence-electron chi connectivity index (χ0n) is 14.5. The first kappa shape index (κ1) is 17.5. The second-order valence-corrected chi connectivity index (χ2v) is 6.20. The van der Waals surface area contributed by atoms with Gasteiger partial charge in [-0.3, -0.25) is 9.78 Å². The van der Waals surface area contributed by atoms with E-state index in [2.05, 4.69) is 35.6 Å². The van der Waals surface area contributed by atoms with E-state index < -0.39 is 11.9 Å². The second-order valence-electron chi connectivity index (χ2n) is 6.20. The van der Waals surface area contributed by atoms with Gasteiger partial charge >= 0.3 is 5.97 Å². The average molecular weight is 377 g/mol. The number of pyridine rings is 1. The number of hydrogen-bond donors (Lipinski definition) is 3. The number of rotatable bonds is 6. The summed E-state index contributed by atoms with van der Waals surface area (Å²) < 4.78 is 0. The maximum Gasteiger partial charge on any atom is 0.337 e. The van der Waals surface area contributed by atoms with Crippen LogP contribution in [0.25, 0.3) is 0 Å². The summed E-state index contributed by atoms with van der Waals surface area (Å²) in [5.41, 5.74) is 1.32. The Morgan fingerprint density at radius 3 is 2.57 bits per heavy atom. The van der Waals surface area contributed by atoms with Crippen LogP contribution in [-0.4, -0.2) is 41.9 Å². The highest BCUT2D eigenvalue weighted by atomic mass is 16.4. The monoisotopic (exact) mass is 377 g/mol. The lowest BCUT2D eigenvalue weighted by molar-refractivity contribution is 0.0698. The van der Waals surface area contributed by atoms with Crippen LogP contribution in [0.2, 0.25) is 0 Å². The van der Waals surface area contributed by atoms with Crippen LogP contribution >= 0.6 is 0 Å². The lowest BCUT2D eigenvalue weighted by atomic mass is 10.2. The molecule has 3 heterocycles. The minimum absolute atomic E-state index is 0.0495. The van der Waals surface area contributed by atoms with Gasteiger partial charge in [-0.15, -0.1) is 0 Å². The van der Waals surface area contributed by atoms with Gasteiger partial charge in [0, 0.05) is 12.1 Å². The average Bonchev–Trinajstić information content (AvgIpc) is 3.54. The van der Waals surface area contributed by atoms with Crippen LogP contribution in [0.15, 0.2) is 43.4 Å². The number of amides is 1. The summed E-state index contributed by atoms with van der Waals surface area (Å²) in [6.45, 7) is 0. The summed E-state index contributed by atoms with van der Waals surface area (Å²) >= 11 is 0. The molecule has 0 bridgehead atoms. The number of hydrogen-bond acceptors (Lipinski definition) is 8.